The summed E-state index contributed by atoms with van der Waals surface area (Å²) in [5.41, 5.74) is 20.0. The molecule has 0 radical (unpaired) electrons. The molecule has 46 heteroatoms. The van der Waals surface area contributed by atoms with Crippen LogP contribution in [0.1, 0.15) is 164 Å². The number of allylic oxidation sites excluding steroid dienone is 1. The summed E-state index contributed by atoms with van der Waals surface area (Å²) in [5, 5.41) is 28.3. The van der Waals surface area contributed by atoms with E-state index >= 15 is 0 Å². The van der Waals surface area contributed by atoms with E-state index in [0.717, 1.165) is 92.0 Å². The van der Waals surface area contributed by atoms with Crippen molar-refractivity contribution in [2.75, 3.05) is 81.5 Å². The zero-order valence-corrected chi connectivity index (χ0v) is 95.7. The fraction of sp³-hybridized carbons (Fsp3) is 0.255. The van der Waals surface area contributed by atoms with Gasteiger partial charge in [-0.1, -0.05) is 46.4 Å². The van der Waals surface area contributed by atoms with Gasteiger partial charge in [-0.25, -0.2) is 48.5 Å². The summed E-state index contributed by atoms with van der Waals surface area (Å²) in [5.74, 6) is -2.04. The summed E-state index contributed by atoms with van der Waals surface area (Å²) in [6.07, 6.45) is 22.1. The van der Waals surface area contributed by atoms with Gasteiger partial charge in [0.05, 0.1) is 80.2 Å². The number of nitrogens with zero attached hydrogens (tertiary/aromatic N) is 9. The van der Waals surface area contributed by atoms with E-state index in [2.05, 4.69) is 116 Å². The molecule has 0 aliphatic heterocycles. The molecule has 0 saturated carbocycles. The fourth-order valence-corrected chi connectivity index (χ4v) is 20.3. The highest BCUT2D eigenvalue weighted by Crippen LogP contribution is 2.42. The highest BCUT2D eigenvalue weighted by atomic mass is 79.9. The Kier molecular flexibility index (Phi) is 55.9. The predicted octanol–water partition coefficient (Wildman–Crippen LogP) is 25.9. The topological polar surface area (TPSA) is 454 Å². The molecule has 14 aromatic rings. The number of nitrogen functional groups attached to an aromatic ring is 1. The second-order valence-corrected chi connectivity index (χ2v) is 41.0. The molecule has 0 bridgehead atoms. The van der Waals surface area contributed by atoms with E-state index in [4.69, 9.17) is 101 Å². The first-order valence-corrected chi connectivity index (χ1v) is 54.2. The molecule has 32 nitrogen and oxygen atoms in total. The number of esters is 7. The largest absolute Gasteiger partial charge is 0.465 e. The predicted molar refractivity (Wildman–Crippen MR) is 601 cm³/mol. The first-order chi connectivity index (χ1) is 70.7. The quantitative estimate of drug-likeness (QED) is 0.00334. The van der Waals surface area contributed by atoms with Gasteiger partial charge in [0.15, 0.2) is 5.78 Å². The second kappa shape index (κ2) is 66.4. The molecular formula is C102H106Br3Cl4N14O18S7+. The van der Waals surface area contributed by atoms with Crippen molar-refractivity contribution in [1.82, 2.24) is 40.2 Å². The monoisotopic (exact) mass is 2420 g/mol. The maximum Gasteiger partial charge on any atom is 0.407 e. The third-order valence-corrected chi connectivity index (χ3v) is 28.6. The van der Waals surface area contributed by atoms with E-state index < -0.39 is 17.7 Å². The number of nitriles is 1. The van der Waals surface area contributed by atoms with Crippen LogP contribution in [0.5, 0.6) is 0 Å². The molecule has 14 aromatic heterocycles. The molecule has 0 aliphatic rings. The van der Waals surface area contributed by atoms with Crippen molar-refractivity contribution in [1.29, 1.82) is 5.26 Å². The average molecular weight is 2420 g/mol. The molecule has 0 fully saturated rings. The molecule has 0 saturated heterocycles. The van der Waals surface area contributed by atoms with Gasteiger partial charge in [0, 0.05) is 170 Å². The number of alkyl carbamates (subject to hydrolysis) is 1. The Morgan fingerprint density at radius 3 is 1.08 bits per heavy atom. The summed E-state index contributed by atoms with van der Waals surface area (Å²) in [6.45, 7) is 26.6. The molecule has 0 unspecified atom stereocenters. The van der Waals surface area contributed by atoms with Crippen LogP contribution >= 0.6 is 175 Å². The van der Waals surface area contributed by atoms with E-state index in [9.17, 15) is 43.2 Å². The van der Waals surface area contributed by atoms with Crippen molar-refractivity contribution in [3.05, 3.63) is 289 Å². The van der Waals surface area contributed by atoms with Crippen LogP contribution in [0.15, 0.2) is 234 Å². The molecule has 2 atom stereocenters. The normalized spacial score (nSPS) is 10.8. The molecule has 0 aliphatic carbocycles. The number of hydrogen-bond donors (Lipinski definition) is 7. The van der Waals surface area contributed by atoms with E-state index in [-0.39, 0.29) is 66.0 Å². The SMILES string of the molecule is CC(=O)c1ccncc1.CCOC(=O)CS.CCOC(=O)c1sc(-c2cc[n+](O)cc2)cc1Br.CCOC(=O)c1sc(-c2ccnc(Cl)c2)cc1Br.CCOC(=O)c1sc(-c2ccnc(Cl)c2)cc1NC[C@@H](C)N.CCOC(=O)c1sc(-c2ccnc(Cl)c2)cc1NC[C@@H](C)NC(=O)OC(C)(C)C.CCOC(=O)c1sc(-c2ccncc2)cc1Br.CCOC(=O)c1sc(-c2ccncc2)cc1N.N#C/C=C(\Cl)c1ccncc1. The van der Waals surface area contributed by atoms with E-state index in [1.165, 1.54) is 93.4 Å². The minimum atomic E-state index is -0.567. The van der Waals surface area contributed by atoms with E-state index in [1.807, 2.05) is 92.7 Å². The number of thiophene rings is 6. The summed E-state index contributed by atoms with van der Waals surface area (Å²) in [7, 11) is 0. The van der Waals surface area contributed by atoms with Crippen molar-refractivity contribution < 1.29 is 91.0 Å². The number of ether oxygens (including phenoxy) is 8. The van der Waals surface area contributed by atoms with Crippen LogP contribution in [0, 0.1) is 11.3 Å². The third kappa shape index (κ3) is 43.6. The lowest BCUT2D eigenvalue weighted by molar-refractivity contribution is -0.904. The van der Waals surface area contributed by atoms with Crippen LogP contribution in [-0.2, 0) is 42.7 Å². The number of ketones is 1. The second-order valence-electron chi connectivity index (χ2n) is 30.2. The van der Waals surface area contributed by atoms with Crippen molar-refractivity contribution in [2.45, 2.75) is 108 Å². The molecule has 782 valence electrons. The number of pyridine rings is 8. The summed E-state index contributed by atoms with van der Waals surface area (Å²) in [4.78, 5) is 140. The Hall–Kier alpha value is -12.0. The van der Waals surface area contributed by atoms with Gasteiger partial charge in [-0.2, -0.15) is 17.9 Å². The highest BCUT2D eigenvalue weighted by molar-refractivity contribution is 9.11. The first kappa shape index (κ1) is 125. The van der Waals surface area contributed by atoms with Crippen LogP contribution < -0.4 is 32.1 Å². The van der Waals surface area contributed by atoms with Gasteiger partial charge in [-0.3, -0.25) is 34.7 Å². The molecular weight excluding hydrogens is 2320 g/mol. The third-order valence-electron chi connectivity index (χ3n) is 17.8. The number of hydrogen-bond acceptors (Lipinski definition) is 37. The van der Waals surface area contributed by atoms with Gasteiger partial charge in [0.25, 0.3) is 0 Å². The van der Waals surface area contributed by atoms with Crippen LogP contribution in [0.4, 0.5) is 21.9 Å². The number of aromatic nitrogens is 8. The lowest BCUT2D eigenvalue weighted by Gasteiger charge is -2.22. The molecule has 148 heavy (non-hydrogen) atoms. The smallest absolute Gasteiger partial charge is 0.407 e. The number of anilines is 3. The van der Waals surface area contributed by atoms with Gasteiger partial charge in [-0.05, 0) is 293 Å². The average Bonchev–Trinajstić information content (AvgIpc) is 1.65. The molecule has 14 heterocycles. The lowest BCUT2D eigenvalue weighted by atomic mass is 10.2. The molecule has 14 rings (SSSR count). The van der Waals surface area contributed by atoms with Gasteiger partial charge in [-0.15, -0.1) is 68.0 Å². The van der Waals surface area contributed by atoms with Crippen LogP contribution in [0.3, 0.4) is 0 Å². The van der Waals surface area contributed by atoms with Crippen LogP contribution in [-0.4, -0.2) is 177 Å². The van der Waals surface area contributed by atoms with Crippen molar-refractivity contribution in [3.8, 4) is 68.7 Å². The number of nitrogens with one attached hydrogen (secondary N) is 3. The van der Waals surface area contributed by atoms with Crippen molar-refractivity contribution >= 4 is 251 Å². The first-order valence-electron chi connectivity index (χ1n) is 44.7. The molecule has 8 N–H and O–H groups in total. The Labute approximate surface area is 931 Å². The number of thiol groups is 1. The number of Topliss-reactive ketones (excluding diaryl/α,β-unsaturated/α-hetero) is 1. The number of nitrogens with two attached hydrogens (primary N) is 2. The number of carbonyl (C=O) groups excluding carboxylic acids is 9. The van der Waals surface area contributed by atoms with Gasteiger partial charge in [0.2, 0.25) is 12.4 Å². The van der Waals surface area contributed by atoms with Crippen molar-refractivity contribution in [2.24, 2.45) is 5.73 Å². The number of amides is 1. The zero-order chi connectivity index (χ0) is 109. The number of carbonyl (C=O) groups is 9. The molecule has 1 amide bonds. The standard InChI is InChI=1S/C20H26ClN3O4S.C15H18ClN3O2S.C12H9BrClNO2S.C12H11BrNO3S.C12H10BrNO2S.C12H12N2O2S.C8H5ClN2.C7H7NO.C4H8O2S/c1-6-27-18(25)17-14(10-15(29-17)13-7-8-22-16(21)9-13)23-11-12(2)24-19(26)28-20(3,4)5;1-3-21-15(20)14-11(19-8-9(2)17)7-12(22-14)10-4-5-18-13(16)6-10;1-2-17-12(16)11-8(13)6-9(18-11)7-3-4-15-10(14)5-7;1-2-17-12(15)11-9(13)7-10(18-11)8-3-5-14(16)6-4-8;2*1-2-16-12(15)11-9(13)7-10(17-11)8-3-5-14-6-4-8;9-8(1-4-10)7-2-5-11-6-3-7;1-6(9)7-2-4-8-5-3-7;1-2-6-4(5)3-7/h7-10,12,23H,6,11H2,1-5H3,(H,24,26);4-7,9,19H,3,8,17H2,1-2H3;3-6H,2H2,1H3;3-7,16H,2H2,1H3;3-7H,2H2,1H3;3-7H,2,13H2,1H3;1-3,5-6H;2-5H,1H3;7H,2-3H2,1H3/q;;;+1;;;;;/b;;;;;;8-1-;;/t12-;9-;;;;;;;/m11......./s1. The fourth-order valence-electron chi connectivity index (χ4n) is 11.3. The minimum Gasteiger partial charge on any atom is -0.465 e. The maximum atomic E-state index is 12.4. The van der Waals surface area contributed by atoms with Crippen LogP contribution in [0.25, 0.3) is 67.7 Å². The molecule has 0 aromatic carbocycles. The Balaban J connectivity index is 0.000000260. The summed E-state index contributed by atoms with van der Waals surface area (Å²) < 4.78 is 43.1. The minimum absolute atomic E-state index is 0.0197. The summed E-state index contributed by atoms with van der Waals surface area (Å²) in [6, 6.07) is 41.6. The lowest BCUT2D eigenvalue weighted by Crippen LogP contribution is -2.40. The van der Waals surface area contributed by atoms with E-state index in [0.29, 0.717) is 119 Å². The Bertz CT molecular complexity index is 6600. The number of rotatable bonds is 29. The van der Waals surface area contributed by atoms with Gasteiger partial charge >= 0.3 is 47.9 Å². The maximum absolute atomic E-state index is 12.4. The van der Waals surface area contributed by atoms with Gasteiger partial charge in [0.1, 0.15) is 50.3 Å². The highest BCUT2D eigenvalue weighted by Gasteiger charge is 2.26. The molecule has 0 spiro atoms. The van der Waals surface area contributed by atoms with E-state index in [1.54, 1.807) is 198 Å². The van der Waals surface area contributed by atoms with Crippen LogP contribution in [0.2, 0.25) is 15.5 Å². The Morgan fingerprint density at radius 2 is 0.757 bits per heavy atom. The zero-order valence-electron chi connectivity index (χ0n) is 82.1. The Morgan fingerprint density at radius 1 is 0.453 bits per heavy atom. The van der Waals surface area contributed by atoms with Gasteiger partial charge < -0.3 is 65.3 Å². The van der Waals surface area contributed by atoms with Crippen molar-refractivity contribution in [3.63, 3.8) is 0 Å². The number of halogens is 7. The summed E-state index contributed by atoms with van der Waals surface area (Å²) >= 11 is 45.4.